The number of anilines is 2. The Morgan fingerprint density at radius 3 is 2.21 bits per heavy atom. The Balaban J connectivity index is 2.09. The lowest BCUT2D eigenvalue weighted by Gasteiger charge is -2.09. The van der Waals surface area contributed by atoms with E-state index in [4.69, 9.17) is 11.6 Å². The molecule has 0 saturated heterocycles. The van der Waals surface area contributed by atoms with Gasteiger partial charge in [-0.25, -0.2) is 4.79 Å². The predicted molar refractivity (Wildman–Crippen MR) is 91.2 cm³/mol. The molecule has 0 heterocycles. The van der Waals surface area contributed by atoms with E-state index in [0.717, 1.165) is 5.56 Å². The number of aryl methyl sites for hydroxylation is 1. The summed E-state index contributed by atoms with van der Waals surface area (Å²) in [6.07, 6.45) is 0. The van der Waals surface area contributed by atoms with Crippen LogP contribution in [0.4, 0.5) is 11.4 Å². The molecule has 2 rings (SSSR count). The van der Waals surface area contributed by atoms with E-state index in [1.165, 1.54) is 25.3 Å². The van der Waals surface area contributed by atoms with Crippen molar-refractivity contribution in [2.45, 2.75) is 6.92 Å². The smallest absolute Gasteiger partial charge is 0.337 e. The van der Waals surface area contributed by atoms with E-state index in [-0.39, 0.29) is 16.3 Å². The van der Waals surface area contributed by atoms with Gasteiger partial charge < -0.3 is 15.4 Å². The summed E-state index contributed by atoms with van der Waals surface area (Å²) in [4.78, 5) is 35.4. The number of ether oxygens (including phenoxy) is 1. The quantitative estimate of drug-likeness (QED) is 0.661. The number of hydrogen-bond donors (Lipinski definition) is 2. The van der Waals surface area contributed by atoms with Gasteiger partial charge in [0.1, 0.15) is 0 Å². The number of esters is 1. The van der Waals surface area contributed by atoms with Crippen molar-refractivity contribution in [1.29, 1.82) is 0 Å². The van der Waals surface area contributed by atoms with Crippen LogP contribution in [0, 0.1) is 6.92 Å². The second-order valence-corrected chi connectivity index (χ2v) is 5.37. The minimum Gasteiger partial charge on any atom is -0.465 e. The van der Waals surface area contributed by atoms with E-state index >= 15 is 0 Å². The first-order chi connectivity index (χ1) is 11.4. The number of halogens is 1. The van der Waals surface area contributed by atoms with Crippen molar-refractivity contribution >= 4 is 40.8 Å². The number of benzene rings is 2. The van der Waals surface area contributed by atoms with Crippen molar-refractivity contribution in [1.82, 2.24) is 0 Å². The number of methoxy groups -OCH3 is 1. The lowest BCUT2D eigenvalue weighted by molar-refractivity contribution is -0.132. The fourth-order valence-electron chi connectivity index (χ4n) is 1.87. The maximum absolute atomic E-state index is 12.0. The molecule has 2 amide bonds. The van der Waals surface area contributed by atoms with Crippen LogP contribution in [0.3, 0.4) is 0 Å². The van der Waals surface area contributed by atoms with E-state index in [2.05, 4.69) is 15.4 Å². The van der Waals surface area contributed by atoms with Crippen molar-refractivity contribution in [3.05, 3.63) is 58.6 Å². The molecule has 0 unspecified atom stereocenters. The zero-order valence-electron chi connectivity index (χ0n) is 13.1. The molecular formula is C17H15ClN2O4. The Labute approximate surface area is 143 Å². The summed E-state index contributed by atoms with van der Waals surface area (Å²) in [5.74, 6) is -2.33. The van der Waals surface area contributed by atoms with Gasteiger partial charge in [-0.05, 0) is 37.3 Å². The Kier molecular flexibility index (Phi) is 5.55. The van der Waals surface area contributed by atoms with Crippen LogP contribution < -0.4 is 10.6 Å². The standard InChI is InChI=1S/C17H15ClN2O4/c1-10-3-6-12(7-4-10)19-15(21)16(22)20-14-9-11(17(23)24-2)5-8-13(14)18/h3-9H,1-2H3,(H,19,21)(H,20,22). The molecule has 0 aromatic heterocycles. The molecular weight excluding hydrogens is 332 g/mol. The van der Waals surface area contributed by atoms with Crippen LogP contribution in [0.5, 0.6) is 0 Å². The van der Waals surface area contributed by atoms with Gasteiger partial charge in [0, 0.05) is 5.69 Å². The summed E-state index contributed by atoms with van der Waals surface area (Å²) in [5, 5.41) is 5.04. The van der Waals surface area contributed by atoms with Crippen molar-refractivity contribution in [3.63, 3.8) is 0 Å². The monoisotopic (exact) mass is 346 g/mol. The highest BCUT2D eigenvalue weighted by atomic mass is 35.5. The molecule has 0 bridgehead atoms. The summed E-state index contributed by atoms with van der Waals surface area (Å²) >= 11 is 5.97. The third-order valence-electron chi connectivity index (χ3n) is 3.15. The van der Waals surface area contributed by atoms with E-state index in [9.17, 15) is 14.4 Å². The van der Waals surface area contributed by atoms with Crippen LogP contribution in [-0.4, -0.2) is 24.9 Å². The maximum atomic E-state index is 12.0. The summed E-state index contributed by atoms with van der Waals surface area (Å²) in [6.45, 7) is 1.91. The zero-order chi connectivity index (χ0) is 17.7. The highest BCUT2D eigenvalue weighted by Gasteiger charge is 2.17. The van der Waals surface area contributed by atoms with Gasteiger partial charge in [-0.1, -0.05) is 29.3 Å². The van der Waals surface area contributed by atoms with Crippen LogP contribution in [0.1, 0.15) is 15.9 Å². The van der Waals surface area contributed by atoms with E-state index in [1.54, 1.807) is 12.1 Å². The maximum Gasteiger partial charge on any atom is 0.337 e. The summed E-state index contributed by atoms with van der Waals surface area (Å²) in [7, 11) is 1.24. The molecule has 6 nitrogen and oxygen atoms in total. The summed E-state index contributed by atoms with van der Waals surface area (Å²) in [5.41, 5.74) is 1.87. The fraction of sp³-hybridized carbons (Fsp3) is 0.118. The summed E-state index contributed by atoms with van der Waals surface area (Å²) in [6, 6.07) is 11.2. The molecule has 0 saturated carbocycles. The molecule has 2 aromatic rings. The molecule has 24 heavy (non-hydrogen) atoms. The fourth-order valence-corrected chi connectivity index (χ4v) is 2.03. The van der Waals surface area contributed by atoms with E-state index in [0.29, 0.717) is 5.69 Å². The molecule has 2 N–H and O–H groups in total. The van der Waals surface area contributed by atoms with Gasteiger partial charge in [0.15, 0.2) is 0 Å². The van der Waals surface area contributed by atoms with E-state index in [1.807, 2.05) is 19.1 Å². The molecule has 2 aromatic carbocycles. The lowest BCUT2D eigenvalue weighted by atomic mass is 10.2. The Hall–Kier alpha value is -2.86. The largest absolute Gasteiger partial charge is 0.465 e. The van der Waals surface area contributed by atoms with Crippen LogP contribution >= 0.6 is 11.6 Å². The molecule has 124 valence electrons. The highest BCUT2D eigenvalue weighted by Crippen LogP contribution is 2.23. The first kappa shape index (κ1) is 17.5. The SMILES string of the molecule is COC(=O)c1ccc(Cl)c(NC(=O)C(=O)Nc2ccc(C)cc2)c1. The second kappa shape index (κ2) is 7.61. The number of rotatable bonds is 3. The van der Waals surface area contributed by atoms with Crippen molar-refractivity contribution in [3.8, 4) is 0 Å². The number of hydrogen-bond acceptors (Lipinski definition) is 4. The molecule has 0 radical (unpaired) electrons. The van der Waals surface area contributed by atoms with Crippen LogP contribution in [0.25, 0.3) is 0 Å². The first-order valence-electron chi connectivity index (χ1n) is 6.97. The van der Waals surface area contributed by atoms with Gasteiger partial charge in [0.05, 0.1) is 23.4 Å². The van der Waals surface area contributed by atoms with Gasteiger partial charge in [0.2, 0.25) is 0 Å². The average Bonchev–Trinajstić information content (AvgIpc) is 2.58. The van der Waals surface area contributed by atoms with Crippen LogP contribution in [0.15, 0.2) is 42.5 Å². The lowest BCUT2D eigenvalue weighted by Crippen LogP contribution is -2.29. The van der Waals surface area contributed by atoms with Crippen LogP contribution in [-0.2, 0) is 14.3 Å². The van der Waals surface area contributed by atoms with Gasteiger partial charge >= 0.3 is 17.8 Å². The van der Waals surface area contributed by atoms with Crippen molar-refractivity contribution in [2.24, 2.45) is 0 Å². The van der Waals surface area contributed by atoms with Gasteiger partial charge in [0.25, 0.3) is 0 Å². The molecule has 0 atom stereocenters. The Morgan fingerprint density at radius 2 is 1.58 bits per heavy atom. The molecule has 0 aliphatic rings. The normalized spacial score (nSPS) is 9.96. The van der Waals surface area contributed by atoms with Gasteiger partial charge in [-0.2, -0.15) is 0 Å². The van der Waals surface area contributed by atoms with E-state index < -0.39 is 17.8 Å². The van der Waals surface area contributed by atoms with Crippen molar-refractivity contribution in [2.75, 3.05) is 17.7 Å². The second-order valence-electron chi connectivity index (χ2n) is 4.96. The first-order valence-corrected chi connectivity index (χ1v) is 7.35. The van der Waals surface area contributed by atoms with Crippen LogP contribution in [0.2, 0.25) is 5.02 Å². The minimum atomic E-state index is -0.903. The molecule has 7 heteroatoms. The summed E-state index contributed by atoms with van der Waals surface area (Å²) < 4.78 is 4.60. The average molecular weight is 347 g/mol. The molecule has 0 aliphatic carbocycles. The Bertz CT molecular complexity index is 788. The van der Waals surface area contributed by atoms with Gasteiger partial charge in [-0.3, -0.25) is 9.59 Å². The third kappa shape index (κ3) is 4.33. The number of amides is 2. The molecule has 0 fully saturated rings. The zero-order valence-corrected chi connectivity index (χ0v) is 13.8. The Morgan fingerprint density at radius 1 is 0.958 bits per heavy atom. The topological polar surface area (TPSA) is 84.5 Å². The van der Waals surface area contributed by atoms with Gasteiger partial charge in [-0.15, -0.1) is 0 Å². The molecule has 0 spiro atoms. The predicted octanol–water partition coefficient (Wildman–Crippen LogP) is 3.01. The number of nitrogens with one attached hydrogen (secondary N) is 2. The number of carbonyl (C=O) groups excluding carboxylic acids is 3. The number of carbonyl (C=O) groups is 3. The molecule has 0 aliphatic heterocycles. The highest BCUT2D eigenvalue weighted by molar-refractivity contribution is 6.44. The third-order valence-corrected chi connectivity index (χ3v) is 3.48. The minimum absolute atomic E-state index is 0.142. The van der Waals surface area contributed by atoms with Crippen molar-refractivity contribution < 1.29 is 19.1 Å².